The number of nitrogens with zero attached hydrogens (tertiary/aromatic N) is 1. The summed E-state index contributed by atoms with van der Waals surface area (Å²) in [5.74, 6) is 0.270. The van der Waals surface area contributed by atoms with E-state index in [9.17, 15) is 4.79 Å². The van der Waals surface area contributed by atoms with Crippen molar-refractivity contribution >= 4 is 6.29 Å². The van der Waals surface area contributed by atoms with Crippen molar-refractivity contribution in [2.24, 2.45) is 0 Å². The minimum absolute atomic E-state index is 0.270. The van der Waals surface area contributed by atoms with Crippen LogP contribution < -0.4 is 0 Å². The first-order valence-corrected chi connectivity index (χ1v) is 3.87. The van der Waals surface area contributed by atoms with E-state index in [0.29, 0.717) is 6.29 Å². The minimum Gasteiger partial charge on any atom is -0.353 e. The lowest BCUT2D eigenvalue weighted by Crippen LogP contribution is -1.79. The van der Waals surface area contributed by atoms with E-state index >= 15 is 0 Å². The van der Waals surface area contributed by atoms with E-state index in [1.54, 1.807) is 6.20 Å². The molecule has 0 spiro atoms. The van der Waals surface area contributed by atoms with Crippen LogP contribution in [0.1, 0.15) is 10.6 Å². The monoisotopic (exact) mass is 173 g/mol. The molecule has 64 valence electrons. The third-order valence-electron chi connectivity index (χ3n) is 1.79. The highest BCUT2D eigenvalue weighted by Crippen LogP contribution is 2.21. The van der Waals surface area contributed by atoms with Crippen LogP contribution in [0.5, 0.6) is 0 Å². The third-order valence-corrected chi connectivity index (χ3v) is 1.79. The Hall–Kier alpha value is -1.90. The highest BCUT2D eigenvalue weighted by atomic mass is 16.5. The van der Waals surface area contributed by atoms with Crippen molar-refractivity contribution in [2.75, 3.05) is 0 Å². The van der Waals surface area contributed by atoms with Crippen LogP contribution in [0.25, 0.3) is 11.1 Å². The zero-order chi connectivity index (χ0) is 9.10. The van der Waals surface area contributed by atoms with Crippen molar-refractivity contribution in [3.05, 3.63) is 42.3 Å². The summed E-state index contributed by atoms with van der Waals surface area (Å²) in [5, 5.41) is 3.56. The van der Waals surface area contributed by atoms with Gasteiger partial charge in [0.25, 0.3) is 0 Å². The van der Waals surface area contributed by atoms with Gasteiger partial charge < -0.3 is 4.52 Å². The number of benzene rings is 1. The molecule has 1 aromatic heterocycles. The normalized spacial score (nSPS) is 9.85. The van der Waals surface area contributed by atoms with Gasteiger partial charge in [-0.25, -0.2) is 0 Å². The van der Waals surface area contributed by atoms with Crippen LogP contribution in [0.15, 0.2) is 41.1 Å². The van der Waals surface area contributed by atoms with Gasteiger partial charge in [0.1, 0.15) is 0 Å². The highest BCUT2D eigenvalue weighted by molar-refractivity contribution is 5.83. The molecular formula is C10H7NO2. The molecule has 0 unspecified atom stereocenters. The second-order valence-corrected chi connectivity index (χ2v) is 2.59. The molecule has 1 aromatic carbocycles. The van der Waals surface area contributed by atoms with Crippen LogP contribution in [-0.2, 0) is 0 Å². The Kier molecular flexibility index (Phi) is 1.92. The first-order valence-electron chi connectivity index (χ1n) is 3.87. The molecule has 0 aliphatic heterocycles. The smallest absolute Gasteiger partial charge is 0.207 e. The van der Waals surface area contributed by atoms with Gasteiger partial charge in [-0.05, 0) is 5.56 Å². The summed E-state index contributed by atoms with van der Waals surface area (Å²) in [4.78, 5) is 10.5. The molecule has 3 heteroatoms. The summed E-state index contributed by atoms with van der Waals surface area (Å²) in [6.45, 7) is 0. The predicted octanol–water partition coefficient (Wildman–Crippen LogP) is 2.15. The summed E-state index contributed by atoms with van der Waals surface area (Å²) in [7, 11) is 0. The summed E-state index contributed by atoms with van der Waals surface area (Å²) >= 11 is 0. The van der Waals surface area contributed by atoms with Crippen LogP contribution in [0.2, 0.25) is 0 Å². The van der Waals surface area contributed by atoms with E-state index in [-0.39, 0.29) is 5.76 Å². The molecule has 0 bridgehead atoms. The van der Waals surface area contributed by atoms with Crippen molar-refractivity contribution in [3.8, 4) is 11.1 Å². The molecule has 0 saturated heterocycles. The van der Waals surface area contributed by atoms with E-state index in [4.69, 9.17) is 4.52 Å². The zero-order valence-electron chi connectivity index (χ0n) is 6.81. The molecule has 0 amide bonds. The average Bonchev–Trinajstić information content (AvgIpc) is 2.67. The molecule has 2 aromatic rings. The predicted molar refractivity (Wildman–Crippen MR) is 47.3 cm³/mol. The number of carbonyl (C=O) groups excluding carboxylic acids is 1. The van der Waals surface area contributed by atoms with Gasteiger partial charge in [-0.15, -0.1) is 0 Å². The summed E-state index contributed by atoms with van der Waals surface area (Å²) in [5.41, 5.74) is 1.67. The van der Waals surface area contributed by atoms with E-state index < -0.39 is 0 Å². The van der Waals surface area contributed by atoms with Crippen molar-refractivity contribution in [1.29, 1.82) is 0 Å². The fourth-order valence-electron chi connectivity index (χ4n) is 1.17. The van der Waals surface area contributed by atoms with Gasteiger partial charge in [0.05, 0.1) is 11.8 Å². The second-order valence-electron chi connectivity index (χ2n) is 2.59. The summed E-state index contributed by atoms with van der Waals surface area (Å²) < 4.78 is 4.75. The Morgan fingerprint density at radius 2 is 2.00 bits per heavy atom. The number of hydrogen-bond acceptors (Lipinski definition) is 3. The van der Waals surface area contributed by atoms with E-state index in [1.165, 1.54) is 0 Å². The molecular weight excluding hydrogens is 166 g/mol. The maximum atomic E-state index is 10.5. The van der Waals surface area contributed by atoms with Gasteiger partial charge >= 0.3 is 0 Å². The maximum absolute atomic E-state index is 10.5. The van der Waals surface area contributed by atoms with Crippen molar-refractivity contribution in [2.45, 2.75) is 0 Å². The third kappa shape index (κ3) is 1.36. The molecule has 0 aliphatic carbocycles. The zero-order valence-corrected chi connectivity index (χ0v) is 6.81. The average molecular weight is 173 g/mol. The second kappa shape index (κ2) is 3.23. The molecule has 0 saturated carbocycles. The number of aromatic nitrogens is 1. The molecule has 0 aliphatic rings. The molecule has 1 heterocycles. The van der Waals surface area contributed by atoms with Crippen molar-refractivity contribution in [1.82, 2.24) is 5.16 Å². The minimum atomic E-state index is 0.270. The van der Waals surface area contributed by atoms with Gasteiger partial charge in [0, 0.05) is 0 Å². The summed E-state index contributed by atoms with van der Waals surface area (Å²) in [6, 6.07) is 9.52. The standard InChI is InChI=1S/C10H7NO2/c12-7-10-9(6-11-13-10)8-4-2-1-3-5-8/h1-7H. The molecule has 0 atom stereocenters. The number of aldehydes is 1. The van der Waals surface area contributed by atoms with Crippen LogP contribution in [0.4, 0.5) is 0 Å². The largest absolute Gasteiger partial charge is 0.353 e. The van der Waals surface area contributed by atoms with E-state index in [0.717, 1.165) is 11.1 Å². The van der Waals surface area contributed by atoms with Crippen LogP contribution in [0.3, 0.4) is 0 Å². The first-order chi connectivity index (χ1) is 6.42. The molecule has 0 radical (unpaired) electrons. The SMILES string of the molecule is O=Cc1oncc1-c1ccccc1. The fourth-order valence-corrected chi connectivity index (χ4v) is 1.17. The Labute approximate surface area is 75.0 Å². The Balaban J connectivity index is 2.52. The molecule has 2 rings (SSSR count). The molecule has 3 nitrogen and oxygen atoms in total. The lowest BCUT2D eigenvalue weighted by atomic mass is 10.1. The number of hydrogen-bond donors (Lipinski definition) is 0. The van der Waals surface area contributed by atoms with Crippen LogP contribution in [-0.4, -0.2) is 11.4 Å². The number of rotatable bonds is 2. The van der Waals surface area contributed by atoms with Crippen molar-refractivity contribution < 1.29 is 9.32 Å². The van der Waals surface area contributed by atoms with Gasteiger partial charge in [0.2, 0.25) is 5.76 Å². The van der Waals surface area contributed by atoms with Crippen LogP contribution in [0, 0.1) is 0 Å². The van der Waals surface area contributed by atoms with Gasteiger partial charge in [-0.2, -0.15) is 0 Å². The maximum Gasteiger partial charge on any atom is 0.207 e. The van der Waals surface area contributed by atoms with Gasteiger partial charge in [-0.3, -0.25) is 4.79 Å². The molecule has 0 N–H and O–H groups in total. The quantitative estimate of drug-likeness (QED) is 0.653. The highest BCUT2D eigenvalue weighted by Gasteiger charge is 2.07. The van der Waals surface area contributed by atoms with E-state index in [2.05, 4.69) is 5.16 Å². The van der Waals surface area contributed by atoms with Crippen LogP contribution >= 0.6 is 0 Å². The Morgan fingerprint density at radius 1 is 1.23 bits per heavy atom. The Bertz CT molecular complexity index is 406. The van der Waals surface area contributed by atoms with Crippen molar-refractivity contribution in [3.63, 3.8) is 0 Å². The molecule has 0 fully saturated rings. The lowest BCUT2D eigenvalue weighted by Gasteiger charge is -1.94. The summed E-state index contributed by atoms with van der Waals surface area (Å²) in [6.07, 6.45) is 2.20. The Morgan fingerprint density at radius 3 is 2.69 bits per heavy atom. The first kappa shape index (κ1) is 7.73. The molecule has 13 heavy (non-hydrogen) atoms. The fraction of sp³-hybridized carbons (Fsp3) is 0. The van der Waals surface area contributed by atoms with Gasteiger partial charge in [0.15, 0.2) is 6.29 Å². The lowest BCUT2D eigenvalue weighted by molar-refractivity contribution is 0.109. The van der Waals surface area contributed by atoms with Gasteiger partial charge in [-0.1, -0.05) is 35.5 Å². The topological polar surface area (TPSA) is 43.1 Å². The van der Waals surface area contributed by atoms with E-state index in [1.807, 2.05) is 30.3 Å². The number of carbonyl (C=O) groups is 1.